The summed E-state index contributed by atoms with van der Waals surface area (Å²) in [5, 5.41) is 0.827. The number of hydrogen-bond acceptors (Lipinski definition) is 3. The Morgan fingerprint density at radius 1 is 1.26 bits per heavy atom. The van der Waals surface area contributed by atoms with Crippen molar-refractivity contribution >= 4 is 27.4 Å². The molecule has 0 fully saturated rings. The van der Waals surface area contributed by atoms with Crippen LogP contribution in [0, 0.1) is 6.92 Å². The Bertz CT molecular complexity index is 555. The molecular weight excluding hydrogens is 304 g/mol. The lowest BCUT2D eigenvalue weighted by Crippen LogP contribution is -2.12. The summed E-state index contributed by atoms with van der Waals surface area (Å²) in [4.78, 5) is 6.61. The van der Waals surface area contributed by atoms with Crippen LogP contribution in [-0.4, -0.2) is 19.1 Å². The third-order valence-corrected chi connectivity index (χ3v) is 3.69. The zero-order valence-electron chi connectivity index (χ0n) is 11.4. The van der Waals surface area contributed by atoms with E-state index < -0.39 is 0 Å². The van der Waals surface area contributed by atoms with Crippen LogP contribution in [0.25, 0.3) is 0 Å². The number of rotatable bonds is 4. The van der Waals surface area contributed by atoms with Crippen molar-refractivity contribution in [1.82, 2.24) is 4.98 Å². The molecule has 100 valence electrons. The quantitative estimate of drug-likeness (QED) is 0.794. The summed E-state index contributed by atoms with van der Waals surface area (Å²) in [5.74, 6) is 1.83. The van der Waals surface area contributed by atoms with E-state index in [9.17, 15) is 0 Å². The molecule has 0 unspecified atom stereocenters. The van der Waals surface area contributed by atoms with E-state index in [0.29, 0.717) is 0 Å². The largest absolute Gasteiger partial charge is 0.497 e. The van der Waals surface area contributed by atoms with Crippen LogP contribution in [0.1, 0.15) is 11.1 Å². The standard InChI is InChI=1S/C15H17BrN2O/c1-11-8-12(9-16)10-17-15(11)18(2)13-4-6-14(19-3)7-5-13/h4-8,10H,9H2,1-3H3. The Morgan fingerprint density at radius 2 is 1.95 bits per heavy atom. The van der Waals surface area contributed by atoms with E-state index in [1.807, 2.05) is 37.5 Å². The van der Waals surface area contributed by atoms with Gasteiger partial charge in [-0.3, -0.25) is 0 Å². The first-order valence-corrected chi connectivity index (χ1v) is 7.17. The number of benzene rings is 1. The molecule has 2 rings (SSSR count). The first kappa shape index (κ1) is 13.9. The topological polar surface area (TPSA) is 25.4 Å². The van der Waals surface area contributed by atoms with Crippen molar-refractivity contribution < 1.29 is 4.74 Å². The van der Waals surface area contributed by atoms with Crippen molar-refractivity contribution in [2.24, 2.45) is 0 Å². The second kappa shape index (κ2) is 6.06. The Labute approximate surface area is 122 Å². The molecular formula is C15H17BrN2O. The highest BCUT2D eigenvalue weighted by molar-refractivity contribution is 9.08. The normalized spacial score (nSPS) is 10.3. The molecule has 0 bridgehead atoms. The van der Waals surface area contributed by atoms with Gasteiger partial charge in [0.1, 0.15) is 11.6 Å². The van der Waals surface area contributed by atoms with Crippen molar-refractivity contribution in [2.45, 2.75) is 12.3 Å². The molecule has 0 aliphatic carbocycles. The second-order valence-electron chi connectivity index (χ2n) is 4.37. The molecule has 0 aliphatic rings. The number of aromatic nitrogens is 1. The Morgan fingerprint density at radius 3 is 2.47 bits per heavy atom. The van der Waals surface area contributed by atoms with Crippen LogP contribution in [0.5, 0.6) is 5.75 Å². The van der Waals surface area contributed by atoms with E-state index in [0.717, 1.165) is 28.1 Å². The van der Waals surface area contributed by atoms with Crippen molar-refractivity contribution in [2.75, 3.05) is 19.1 Å². The summed E-state index contributed by atoms with van der Waals surface area (Å²) in [6, 6.07) is 10.1. The molecule has 4 heteroatoms. The number of alkyl halides is 1. The van der Waals surface area contributed by atoms with Crippen LogP contribution in [0.3, 0.4) is 0 Å². The molecule has 1 heterocycles. The highest BCUT2D eigenvalue weighted by Gasteiger charge is 2.09. The fourth-order valence-corrected chi connectivity index (χ4v) is 2.28. The van der Waals surface area contributed by atoms with Gasteiger partial charge in [-0.2, -0.15) is 0 Å². The Kier molecular flexibility index (Phi) is 4.43. The molecule has 1 aromatic heterocycles. The minimum Gasteiger partial charge on any atom is -0.497 e. The van der Waals surface area contributed by atoms with Gasteiger partial charge in [0, 0.05) is 24.3 Å². The number of nitrogens with zero attached hydrogens (tertiary/aromatic N) is 2. The molecule has 0 amide bonds. The molecule has 3 nitrogen and oxygen atoms in total. The van der Waals surface area contributed by atoms with Gasteiger partial charge in [-0.25, -0.2) is 4.98 Å². The third kappa shape index (κ3) is 3.07. The molecule has 0 aliphatic heterocycles. The number of halogens is 1. The molecule has 0 radical (unpaired) electrons. The summed E-state index contributed by atoms with van der Waals surface area (Å²) >= 11 is 3.45. The summed E-state index contributed by atoms with van der Waals surface area (Å²) in [7, 11) is 3.69. The summed E-state index contributed by atoms with van der Waals surface area (Å²) in [6.45, 7) is 2.08. The van der Waals surface area contributed by atoms with E-state index in [1.54, 1.807) is 7.11 Å². The number of ether oxygens (including phenoxy) is 1. The molecule has 0 N–H and O–H groups in total. The highest BCUT2D eigenvalue weighted by Crippen LogP contribution is 2.27. The van der Waals surface area contributed by atoms with Crippen LogP contribution in [-0.2, 0) is 5.33 Å². The van der Waals surface area contributed by atoms with Crippen molar-refractivity contribution in [1.29, 1.82) is 0 Å². The number of pyridine rings is 1. The average Bonchev–Trinajstić information content (AvgIpc) is 2.46. The van der Waals surface area contributed by atoms with Gasteiger partial charge in [0.15, 0.2) is 0 Å². The molecule has 0 spiro atoms. The van der Waals surface area contributed by atoms with E-state index in [4.69, 9.17) is 4.74 Å². The van der Waals surface area contributed by atoms with Gasteiger partial charge < -0.3 is 9.64 Å². The van der Waals surface area contributed by atoms with Crippen LogP contribution in [0.15, 0.2) is 36.5 Å². The maximum absolute atomic E-state index is 5.17. The van der Waals surface area contributed by atoms with E-state index in [-0.39, 0.29) is 0 Å². The predicted octanol–water partition coefficient (Wildman–Crippen LogP) is 4.06. The molecule has 2 aromatic rings. The highest BCUT2D eigenvalue weighted by atomic mass is 79.9. The van der Waals surface area contributed by atoms with Crippen molar-refractivity contribution in [3.05, 3.63) is 47.7 Å². The fraction of sp³-hybridized carbons (Fsp3) is 0.267. The first-order valence-electron chi connectivity index (χ1n) is 6.05. The SMILES string of the molecule is COc1ccc(N(C)c2ncc(CBr)cc2C)cc1. The molecule has 19 heavy (non-hydrogen) atoms. The molecule has 0 atom stereocenters. The summed E-state index contributed by atoms with van der Waals surface area (Å²) < 4.78 is 5.17. The van der Waals surface area contributed by atoms with E-state index >= 15 is 0 Å². The van der Waals surface area contributed by atoms with Gasteiger partial charge in [0.05, 0.1) is 7.11 Å². The van der Waals surface area contributed by atoms with Gasteiger partial charge in [-0.15, -0.1) is 0 Å². The van der Waals surface area contributed by atoms with Crippen LogP contribution in [0.4, 0.5) is 11.5 Å². The van der Waals surface area contributed by atoms with Crippen molar-refractivity contribution in [3.63, 3.8) is 0 Å². The van der Waals surface area contributed by atoms with Crippen LogP contribution in [0.2, 0.25) is 0 Å². The smallest absolute Gasteiger partial charge is 0.135 e. The van der Waals surface area contributed by atoms with E-state index in [2.05, 4.69) is 38.8 Å². The lowest BCUT2D eigenvalue weighted by atomic mass is 10.2. The minimum absolute atomic E-state index is 0.827. The number of anilines is 2. The summed E-state index contributed by atoms with van der Waals surface area (Å²) in [6.07, 6.45) is 1.90. The Hall–Kier alpha value is -1.55. The van der Waals surface area contributed by atoms with Gasteiger partial charge in [-0.1, -0.05) is 22.0 Å². The minimum atomic E-state index is 0.827. The third-order valence-electron chi connectivity index (χ3n) is 3.04. The van der Waals surface area contributed by atoms with Gasteiger partial charge in [0.2, 0.25) is 0 Å². The fourth-order valence-electron chi connectivity index (χ4n) is 1.98. The first-order chi connectivity index (χ1) is 9.15. The maximum atomic E-state index is 5.17. The van der Waals surface area contributed by atoms with Gasteiger partial charge in [-0.05, 0) is 42.3 Å². The molecule has 0 saturated heterocycles. The Balaban J connectivity index is 2.29. The number of aryl methyl sites for hydroxylation is 1. The zero-order chi connectivity index (χ0) is 13.8. The average molecular weight is 321 g/mol. The lowest BCUT2D eigenvalue weighted by Gasteiger charge is -2.20. The van der Waals surface area contributed by atoms with Crippen molar-refractivity contribution in [3.8, 4) is 5.75 Å². The zero-order valence-corrected chi connectivity index (χ0v) is 12.9. The van der Waals surface area contributed by atoms with Gasteiger partial charge in [0.25, 0.3) is 0 Å². The molecule has 0 saturated carbocycles. The van der Waals surface area contributed by atoms with E-state index in [1.165, 1.54) is 5.56 Å². The van der Waals surface area contributed by atoms with Crippen LogP contribution >= 0.6 is 15.9 Å². The van der Waals surface area contributed by atoms with Gasteiger partial charge >= 0.3 is 0 Å². The maximum Gasteiger partial charge on any atom is 0.135 e. The second-order valence-corrected chi connectivity index (χ2v) is 4.94. The summed E-state index contributed by atoms with van der Waals surface area (Å²) in [5.41, 5.74) is 3.43. The van der Waals surface area contributed by atoms with Crippen LogP contribution < -0.4 is 9.64 Å². The number of methoxy groups -OCH3 is 1. The molecule has 1 aromatic carbocycles. The lowest BCUT2D eigenvalue weighted by molar-refractivity contribution is 0.415. The monoisotopic (exact) mass is 320 g/mol. The predicted molar refractivity (Wildman–Crippen MR) is 82.7 cm³/mol. The number of hydrogen-bond donors (Lipinski definition) is 0.